The molecule has 0 saturated heterocycles. The van der Waals surface area contributed by atoms with E-state index in [0.717, 1.165) is 11.5 Å². The molecule has 0 unspecified atom stereocenters. The number of aryl methyl sites for hydroxylation is 2. The van der Waals surface area contributed by atoms with Gasteiger partial charge in [-0.1, -0.05) is 18.2 Å². The van der Waals surface area contributed by atoms with Gasteiger partial charge in [-0.2, -0.15) is 0 Å². The lowest BCUT2D eigenvalue weighted by molar-refractivity contribution is 0.636. The number of hydrogen-bond donors (Lipinski definition) is 1. The van der Waals surface area contributed by atoms with Crippen LogP contribution in [0.2, 0.25) is 0 Å². The molecular weight excluding hydrogens is 272 g/mol. The van der Waals surface area contributed by atoms with Gasteiger partial charge < -0.3 is 9.55 Å². The molecule has 0 spiro atoms. The molecule has 1 aromatic carbocycles. The Balaban J connectivity index is 1.70. The Morgan fingerprint density at radius 2 is 2.05 bits per heavy atom. The quantitative estimate of drug-likeness (QED) is 0.799. The van der Waals surface area contributed by atoms with Crippen molar-refractivity contribution in [3.05, 3.63) is 59.8 Å². The topological polar surface area (TPSA) is 46.5 Å². The van der Waals surface area contributed by atoms with E-state index >= 15 is 0 Å². The number of H-pyrrole nitrogens is 1. The number of benzene rings is 1. The Hall–Kier alpha value is -2.36. The Bertz CT molecular complexity index is 770. The van der Waals surface area contributed by atoms with Crippen molar-refractivity contribution in [1.82, 2.24) is 19.5 Å². The van der Waals surface area contributed by atoms with Gasteiger partial charge in [0.2, 0.25) is 0 Å². The lowest BCUT2D eigenvalue weighted by atomic mass is 9.89. The summed E-state index contributed by atoms with van der Waals surface area (Å²) in [6, 6.07) is 7.22. The highest BCUT2D eigenvalue weighted by Crippen LogP contribution is 2.28. The smallest absolute Gasteiger partial charge is 0.158 e. The van der Waals surface area contributed by atoms with Gasteiger partial charge >= 0.3 is 0 Å². The van der Waals surface area contributed by atoms with Gasteiger partial charge in [0.05, 0.1) is 18.6 Å². The van der Waals surface area contributed by atoms with Crippen LogP contribution in [0.4, 0.5) is 0 Å². The van der Waals surface area contributed by atoms with E-state index in [1.807, 2.05) is 18.6 Å². The van der Waals surface area contributed by atoms with Crippen LogP contribution in [0.25, 0.3) is 11.5 Å². The van der Waals surface area contributed by atoms with Crippen molar-refractivity contribution >= 4 is 0 Å². The Morgan fingerprint density at radius 1 is 1.18 bits per heavy atom. The van der Waals surface area contributed by atoms with Crippen LogP contribution in [-0.4, -0.2) is 19.5 Å². The van der Waals surface area contributed by atoms with Gasteiger partial charge in [-0.15, -0.1) is 0 Å². The van der Waals surface area contributed by atoms with Crippen molar-refractivity contribution in [3.8, 4) is 11.5 Å². The van der Waals surface area contributed by atoms with Crippen molar-refractivity contribution < 1.29 is 0 Å². The summed E-state index contributed by atoms with van der Waals surface area (Å²) in [6.45, 7) is 2.23. The zero-order valence-corrected chi connectivity index (χ0v) is 12.8. The van der Waals surface area contributed by atoms with Gasteiger partial charge in [0.25, 0.3) is 0 Å². The zero-order valence-electron chi connectivity index (χ0n) is 12.8. The van der Waals surface area contributed by atoms with Gasteiger partial charge in [-0.25, -0.2) is 9.97 Å². The van der Waals surface area contributed by atoms with E-state index in [2.05, 4.69) is 44.6 Å². The van der Waals surface area contributed by atoms with E-state index in [4.69, 9.17) is 0 Å². The zero-order chi connectivity index (χ0) is 14.9. The summed E-state index contributed by atoms with van der Waals surface area (Å²) in [6.07, 6.45) is 12.5. The first-order chi connectivity index (χ1) is 10.8. The number of hydrogen-bond acceptors (Lipinski definition) is 2. The van der Waals surface area contributed by atoms with Crippen molar-refractivity contribution in [2.75, 3.05) is 0 Å². The van der Waals surface area contributed by atoms with Crippen LogP contribution < -0.4 is 0 Å². The minimum absolute atomic E-state index is 0.257. The molecule has 1 aliphatic carbocycles. The molecule has 4 heteroatoms. The molecule has 0 bridgehead atoms. The first-order valence-electron chi connectivity index (χ1n) is 7.96. The molecule has 0 amide bonds. The molecule has 4 nitrogen and oxygen atoms in total. The third kappa shape index (κ3) is 2.25. The van der Waals surface area contributed by atoms with Crippen molar-refractivity contribution in [3.63, 3.8) is 0 Å². The summed E-state index contributed by atoms with van der Waals surface area (Å²) in [5, 5.41) is 0. The fraction of sp³-hybridized carbons (Fsp3) is 0.333. The number of aromatic nitrogens is 4. The average molecular weight is 292 g/mol. The predicted octanol–water partition coefficient (Wildman–Crippen LogP) is 3.76. The van der Waals surface area contributed by atoms with E-state index < -0.39 is 0 Å². The van der Waals surface area contributed by atoms with E-state index in [-0.39, 0.29) is 6.04 Å². The maximum atomic E-state index is 4.48. The summed E-state index contributed by atoms with van der Waals surface area (Å²) in [5.41, 5.74) is 5.36. The molecule has 3 aromatic rings. The summed E-state index contributed by atoms with van der Waals surface area (Å²) < 4.78 is 2.21. The van der Waals surface area contributed by atoms with Crippen LogP contribution >= 0.6 is 0 Å². The van der Waals surface area contributed by atoms with Gasteiger partial charge in [0.15, 0.2) is 5.82 Å². The van der Waals surface area contributed by atoms with Crippen LogP contribution in [0, 0.1) is 0 Å². The second kappa shape index (κ2) is 5.44. The van der Waals surface area contributed by atoms with Gasteiger partial charge in [-0.3, -0.25) is 0 Å². The molecule has 0 fully saturated rings. The van der Waals surface area contributed by atoms with Crippen molar-refractivity contribution in [2.45, 2.75) is 38.6 Å². The highest BCUT2D eigenvalue weighted by atomic mass is 15.1. The van der Waals surface area contributed by atoms with Crippen LogP contribution in [-0.2, 0) is 12.8 Å². The fourth-order valence-electron chi connectivity index (χ4n) is 3.39. The maximum absolute atomic E-state index is 4.48. The fourth-order valence-corrected chi connectivity index (χ4v) is 3.39. The summed E-state index contributed by atoms with van der Waals surface area (Å²) in [4.78, 5) is 11.7. The summed E-state index contributed by atoms with van der Waals surface area (Å²) in [5.74, 6) is 0.933. The number of imidazole rings is 2. The molecule has 0 radical (unpaired) electrons. The van der Waals surface area contributed by atoms with E-state index in [1.165, 1.54) is 42.4 Å². The van der Waals surface area contributed by atoms with Crippen LogP contribution in [0.1, 0.15) is 42.5 Å². The largest absolute Gasteiger partial charge is 0.342 e. The number of nitrogens with one attached hydrogen (secondary N) is 1. The monoisotopic (exact) mass is 292 g/mol. The molecular formula is C18H20N4. The second-order valence-corrected chi connectivity index (χ2v) is 6.03. The van der Waals surface area contributed by atoms with E-state index in [0.29, 0.717) is 0 Å². The third-order valence-electron chi connectivity index (χ3n) is 4.68. The molecule has 22 heavy (non-hydrogen) atoms. The van der Waals surface area contributed by atoms with Crippen molar-refractivity contribution in [2.24, 2.45) is 0 Å². The third-order valence-corrected chi connectivity index (χ3v) is 4.68. The number of rotatable bonds is 3. The highest BCUT2D eigenvalue weighted by Gasteiger charge is 2.16. The Kier molecular flexibility index (Phi) is 3.29. The molecule has 112 valence electrons. The number of fused-ring (bicyclic) bond motifs is 1. The molecule has 1 aliphatic rings. The summed E-state index contributed by atoms with van der Waals surface area (Å²) >= 11 is 0. The average Bonchev–Trinajstić information content (AvgIpc) is 3.24. The number of aromatic amines is 1. The standard InChI is InChI=1S/C18H20N4/c1-13(15-7-6-14-4-2-3-5-16(14)10-15)22-9-8-20-18(22)17-11-19-12-21-17/h6-13H,2-5H2,1H3,(H,19,21)/t13-/m1/s1. The lowest BCUT2D eigenvalue weighted by Gasteiger charge is -2.21. The second-order valence-electron chi connectivity index (χ2n) is 6.03. The maximum Gasteiger partial charge on any atom is 0.158 e. The predicted molar refractivity (Wildman–Crippen MR) is 86.7 cm³/mol. The molecule has 0 aliphatic heterocycles. The van der Waals surface area contributed by atoms with Crippen molar-refractivity contribution in [1.29, 1.82) is 0 Å². The molecule has 4 rings (SSSR count). The molecule has 1 N–H and O–H groups in total. The Labute approximate surface area is 130 Å². The first-order valence-corrected chi connectivity index (χ1v) is 7.96. The first kappa shape index (κ1) is 13.3. The Morgan fingerprint density at radius 3 is 2.86 bits per heavy atom. The lowest BCUT2D eigenvalue weighted by Crippen LogP contribution is -2.10. The molecule has 1 atom stereocenters. The van der Waals surface area contributed by atoms with Gasteiger partial charge in [0, 0.05) is 12.4 Å². The summed E-state index contributed by atoms with van der Waals surface area (Å²) in [7, 11) is 0. The molecule has 2 heterocycles. The highest BCUT2D eigenvalue weighted by molar-refractivity contribution is 5.49. The minimum Gasteiger partial charge on any atom is -0.342 e. The molecule has 2 aromatic heterocycles. The van der Waals surface area contributed by atoms with Crippen LogP contribution in [0.5, 0.6) is 0 Å². The number of nitrogens with zero attached hydrogens (tertiary/aromatic N) is 3. The normalized spacial score (nSPS) is 15.5. The SMILES string of the molecule is C[C@H](c1ccc2c(c1)CCCC2)n1ccnc1-c1cnc[nH]1. The van der Waals surface area contributed by atoms with E-state index in [9.17, 15) is 0 Å². The van der Waals surface area contributed by atoms with Gasteiger partial charge in [-0.05, 0) is 49.3 Å². The van der Waals surface area contributed by atoms with Crippen LogP contribution in [0.15, 0.2) is 43.1 Å². The molecule has 0 saturated carbocycles. The van der Waals surface area contributed by atoms with E-state index in [1.54, 1.807) is 6.33 Å². The van der Waals surface area contributed by atoms with Crippen LogP contribution in [0.3, 0.4) is 0 Å². The van der Waals surface area contributed by atoms with Gasteiger partial charge in [0.1, 0.15) is 5.69 Å². The minimum atomic E-state index is 0.257.